The van der Waals surface area contributed by atoms with Crippen molar-refractivity contribution in [1.82, 2.24) is 0 Å². The largest absolute Gasteiger partial charge is 0.464 e. The first-order chi connectivity index (χ1) is 4.83. The summed E-state index contributed by atoms with van der Waals surface area (Å²) in [6.07, 6.45) is 0. The van der Waals surface area contributed by atoms with E-state index in [1.54, 1.807) is 6.07 Å². The Morgan fingerprint density at radius 2 is 2.00 bits per heavy atom. The molecular weight excluding hydrogens is 128 g/mol. The second-order valence-electron chi connectivity index (χ2n) is 1.67. The molecule has 0 amide bonds. The molecule has 58 valence electrons. The van der Waals surface area contributed by atoms with Crippen LogP contribution in [0.5, 0.6) is 0 Å². The predicted octanol–water partition coefficient (Wildman–Crippen LogP) is 2.11. The molecule has 0 unspecified atom stereocenters. The third-order valence-corrected chi connectivity index (χ3v) is 0.952. The molecule has 2 nitrogen and oxygen atoms in total. The molecule has 0 aliphatic heterocycles. The van der Waals surface area contributed by atoms with Crippen molar-refractivity contribution < 1.29 is 9.52 Å². The molecule has 0 spiro atoms. The lowest BCUT2D eigenvalue weighted by Gasteiger charge is -1.82. The number of aliphatic hydroxyl groups is 1. The first-order valence-electron chi connectivity index (χ1n) is 3.49. The van der Waals surface area contributed by atoms with E-state index in [9.17, 15) is 0 Å². The summed E-state index contributed by atoms with van der Waals surface area (Å²) in [6.45, 7) is 5.84. The smallest absolute Gasteiger partial charge is 0.129 e. The number of aliphatic hydroxyl groups excluding tert-OH is 1. The van der Waals surface area contributed by atoms with Crippen molar-refractivity contribution in [2.75, 3.05) is 0 Å². The van der Waals surface area contributed by atoms with Gasteiger partial charge in [0.15, 0.2) is 0 Å². The lowest BCUT2D eigenvalue weighted by molar-refractivity contribution is 0.245. The molecule has 1 aromatic heterocycles. The van der Waals surface area contributed by atoms with E-state index in [1.807, 2.05) is 26.8 Å². The molecule has 0 atom stereocenters. The highest BCUT2D eigenvalue weighted by Gasteiger charge is 1.92. The van der Waals surface area contributed by atoms with Crippen LogP contribution < -0.4 is 0 Å². The van der Waals surface area contributed by atoms with Crippen molar-refractivity contribution in [1.29, 1.82) is 0 Å². The Hall–Kier alpha value is -0.760. The van der Waals surface area contributed by atoms with Crippen molar-refractivity contribution in [3.05, 3.63) is 23.7 Å². The van der Waals surface area contributed by atoms with Gasteiger partial charge in [0.1, 0.15) is 18.1 Å². The van der Waals surface area contributed by atoms with Crippen LogP contribution >= 0.6 is 0 Å². The summed E-state index contributed by atoms with van der Waals surface area (Å²) in [5, 5.41) is 8.46. The van der Waals surface area contributed by atoms with E-state index in [0.717, 1.165) is 5.76 Å². The number of aryl methyl sites for hydroxylation is 1. The van der Waals surface area contributed by atoms with E-state index < -0.39 is 0 Å². The van der Waals surface area contributed by atoms with Gasteiger partial charge in [0, 0.05) is 0 Å². The van der Waals surface area contributed by atoms with Gasteiger partial charge in [-0.2, -0.15) is 0 Å². The van der Waals surface area contributed by atoms with Gasteiger partial charge in [-0.05, 0) is 19.1 Å². The van der Waals surface area contributed by atoms with E-state index in [-0.39, 0.29) is 6.61 Å². The maximum Gasteiger partial charge on any atom is 0.129 e. The fraction of sp³-hybridized carbons (Fsp3) is 0.500. The molecule has 1 N–H and O–H groups in total. The Balaban J connectivity index is 0.000000371. The van der Waals surface area contributed by atoms with E-state index in [0.29, 0.717) is 5.76 Å². The third-order valence-electron chi connectivity index (χ3n) is 0.952. The zero-order chi connectivity index (χ0) is 7.98. The standard InChI is InChI=1S/C6H8O2.C2H6/c1-5-2-3-6(4-7)8-5;1-2/h2-3,7H,4H2,1H3;1-2H3. The lowest BCUT2D eigenvalue weighted by atomic mass is 10.4. The quantitative estimate of drug-likeness (QED) is 0.651. The van der Waals surface area contributed by atoms with Gasteiger partial charge >= 0.3 is 0 Å². The average Bonchev–Trinajstić information content (AvgIpc) is 2.40. The molecule has 1 aromatic rings. The van der Waals surface area contributed by atoms with Crippen LogP contribution in [0, 0.1) is 6.92 Å². The Morgan fingerprint density at radius 3 is 2.20 bits per heavy atom. The fourth-order valence-electron chi connectivity index (χ4n) is 0.570. The summed E-state index contributed by atoms with van der Waals surface area (Å²) < 4.78 is 4.98. The van der Waals surface area contributed by atoms with E-state index in [4.69, 9.17) is 9.52 Å². The fourth-order valence-corrected chi connectivity index (χ4v) is 0.570. The van der Waals surface area contributed by atoms with Crippen molar-refractivity contribution in [2.24, 2.45) is 0 Å². The monoisotopic (exact) mass is 142 g/mol. The Kier molecular flexibility index (Phi) is 4.67. The van der Waals surface area contributed by atoms with Crippen LogP contribution in [0.3, 0.4) is 0 Å². The van der Waals surface area contributed by atoms with E-state index in [2.05, 4.69) is 0 Å². The minimum atomic E-state index is -0.00611. The van der Waals surface area contributed by atoms with Gasteiger partial charge in [0.25, 0.3) is 0 Å². The lowest BCUT2D eigenvalue weighted by Crippen LogP contribution is -1.73. The third kappa shape index (κ3) is 2.69. The van der Waals surface area contributed by atoms with Gasteiger partial charge in [-0.3, -0.25) is 0 Å². The Morgan fingerprint density at radius 1 is 1.40 bits per heavy atom. The number of furan rings is 1. The topological polar surface area (TPSA) is 33.4 Å². The Labute approximate surface area is 61.5 Å². The molecule has 10 heavy (non-hydrogen) atoms. The predicted molar refractivity (Wildman–Crippen MR) is 40.7 cm³/mol. The minimum absolute atomic E-state index is 0.00611. The highest BCUT2D eigenvalue weighted by Crippen LogP contribution is 2.04. The minimum Gasteiger partial charge on any atom is -0.464 e. The van der Waals surface area contributed by atoms with Gasteiger partial charge < -0.3 is 9.52 Å². The number of hydrogen-bond donors (Lipinski definition) is 1. The first kappa shape index (κ1) is 9.24. The summed E-state index contributed by atoms with van der Waals surface area (Å²) >= 11 is 0. The van der Waals surface area contributed by atoms with Gasteiger partial charge in [-0.1, -0.05) is 13.8 Å². The molecule has 0 fully saturated rings. The summed E-state index contributed by atoms with van der Waals surface area (Å²) in [6, 6.07) is 3.58. The van der Waals surface area contributed by atoms with Crippen LogP contribution in [-0.2, 0) is 6.61 Å². The molecule has 0 aliphatic carbocycles. The van der Waals surface area contributed by atoms with E-state index >= 15 is 0 Å². The zero-order valence-corrected chi connectivity index (χ0v) is 6.72. The van der Waals surface area contributed by atoms with Gasteiger partial charge in [0.05, 0.1) is 0 Å². The maximum atomic E-state index is 8.46. The van der Waals surface area contributed by atoms with Crippen LogP contribution in [0.4, 0.5) is 0 Å². The Bertz CT molecular complexity index is 168. The second-order valence-corrected chi connectivity index (χ2v) is 1.67. The van der Waals surface area contributed by atoms with Crippen LogP contribution in [0.2, 0.25) is 0 Å². The number of hydrogen-bond acceptors (Lipinski definition) is 2. The van der Waals surface area contributed by atoms with E-state index in [1.165, 1.54) is 0 Å². The van der Waals surface area contributed by atoms with Crippen molar-refractivity contribution in [3.63, 3.8) is 0 Å². The summed E-state index contributed by atoms with van der Waals surface area (Å²) in [7, 11) is 0. The summed E-state index contributed by atoms with van der Waals surface area (Å²) in [5.41, 5.74) is 0. The molecular formula is C8H14O2. The number of rotatable bonds is 1. The van der Waals surface area contributed by atoms with Crippen LogP contribution in [0.1, 0.15) is 25.4 Å². The van der Waals surface area contributed by atoms with Crippen LogP contribution in [0.25, 0.3) is 0 Å². The first-order valence-corrected chi connectivity index (χ1v) is 3.49. The molecule has 1 heterocycles. The molecule has 0 aromatic carbocycles. The normalized spacial score (nSPS) is 8.40. The van der Waals surface area contributed by atoms with Gasteiger partial charge in [-0.25, -0.2) is 0 Å². The zero-order valence-electron chi connectivity index (χ0n) is 6.72. The molecule has 2 heteroatoms. The molecule has 0 radical (unpaired) electrons. The maximum absolute atomic E-state index is 8.46. The van der Waals surface area contributed by atoms with Crippen LogP contribution in [0.15, 0.2) is 16.5 Å². The van der Waals surface area contributed by atoms with Crippen molar-refractivity contribution in [3.8, 4) is 0 Å². The SMILES string of the molecule is CC.Cc1ccc(CO)o1. The molecule has 1 rings (SSSR count). The highest BCUT2D eigenvalue weighted by atomic mass is 16.4. The molecule has 0 aliphatic rings. The summed E-state index contributed by atoms with van der Waals surface area (Å²) in [4.78, 5) is 0. The van der Waals surface area contributed by atoms with Gasteiger partial charge in [0.2, 0.25) is 0 Å². The highest BCUT2D eigenvalue weighted by molar-refractivity contribution is 5.03. The van der Waals surface area contributed by atoms with Crippen LogP contribution in [-0.4, -0.2) is 5.11 Å². The van der Waals surface area contributed by atoms with Crippen molar-refractivity contribution >= 4 is 0 Å². The summed E-state index contributed by atoms with van der Waals surface area (Å²) in [5.74, 6) is 1.47. The molecule has 0 saturated carbocycles. The molecule has 0 saturated heterocycles. The average molecular weight is 142 g/mol. The van der Waals surface area contributed by atoms with Gasteiger partial charge in [-0.15, -0.1) is 0 Å². The second kappa shape index (κ2) is 5.06. The molecule has 0 bridgehead atoms. The van der Waals surface area contributed by atoms with Crippen molar-refractivity contribution in [2.45, 2.75) is 27.4 Å².